The zero-order valence-corrected chi connectivity index (χ0v) is 22.2. The van der Waals surface area contributed by atoms with Gasteiger partial charge in [-0.15, -0.1) is 0 Å². The predicted octanol–water partition coefficient (Wildman–Crippen LogP) is 6.50. The lowest BCUT2D eigenvalue weighted by Gasteiger charge is -2.32. The van der Waals surface area contributed by atoms with Gasteiger partial charge in [-0.2, -0.15) is 0 Å². The number of oxime groups is 1. The standard InChI is InChI=1S/C32H35N5O/c1-21-9-11-23(12-10-21)20-37-17-15-26(16-18-37)34-32-33-22(2)28-19-25(13-14-29(28)35-32)27-7-3-5-24-6-4-8-30(36-38)31(24)27/h3,5,7,9-14,19,26,38H,4,6,8,15-18,20H2,1-2H3,(H,33,34,35)/b36-30+. The van der Waals surface area contributed by atoms with Crippen molar-refractivity contribution in [3.05, 3.63) is 88.6 Å². The van der Waals surface area contributed by atoms with Crippen LogP contribution in [0.4, 0.5) is 5.95 Å². The van der Waals surface area contributed by atoms with E-state index in [0.29, 0.717) is 12.0 Å². The molecule has 6 heteroatoms. The first-order valence-electron chi connectivity index (χ1n) is 13.7. The molecule has 0 unspecified atom stereocenters. The van der Waals surface area contributed by atoms with Gasteiger partial charge in [-0.1, -0.05) is 59.3 Å². The number of anilines is 1. The topological polar surface area (TPSA) is 73.6 Å². The van der Waals surface area contributed by atoms with Crippen molar-refractivity contribution in [2.45, 2.75) is 58.5 Å². The van der Waals surface area contributed by atoms with E-state index in [1.165, 1.54) is 16.7 Å². The van der Waals surface area contributed by atoms with Crippen LogP contribution in [0.2, 0.25) is 0 Å². The third-order valence-corrected chi connectivity index (χ3v) is 8.06. The van der Waals surface area contributed by atoms with Crippen LogP contribution >= 0.6 is 0 Å². The summed E-state index contributed by atoms with van der Waals surface area (Å²) in [4.78, 5) is 12.3. The Labute approximate surface area is 224 Å². The Hall–Kier alpha value is -3.77. The van der Waals surface area contributed by atoms with Gasteiger partial charge < -0.3 is 10.5 Å². The van der Waals surface area contributed by atoms with Crippen molar-refractivity contribution in [1.82, 2.24) is 14.9 Å². The molecule has 2 heterocycles. The number of aryl methyl sites for hydroxylation is 3. The summed E-state index contributed by atoms with van der Waals surface area (Å²) >= 11 is 0. The maximum atomic E-state index is 9.64. The molecule has 0 amide bonds. The number of aromatic nitrogens is 2. The van der Waals surface area contributed by atoms with Gasteiger partial charge in [-0.05, 0) is 80.3 Å². The number of rotatable bonds is 5. The van der Waals surface area contributed by atoms with Crippen molar-refractivity contribution < 1.29 is 5.21 Å². The van der Waals surface area contributed by atoms with Gasteiger partial charge in [0.25, 0.3) is 0 Å². The minimum Gasteiger partial charge on any atom is -0.411 e. The number of hydrogen-bond acceptors (Lipinski definition) is 6. The normalized spacial score (nSPS) is 17.6. The quantitative estimate of drug-likeness (QED) is 0.239. The van der Waals surface area contributed by atoms with Crippen LogP contribution in [0.5, 0.6) is 0 Å². The fourth-order valence-electron chi connectivity index (χ4n) is 5.94. The summed E-state index contributed by atoms with van der Waals surface area (Å²) in [5, 5.41) is 17.9. The number of hydrogen-bond donors (Lipinski definition) is 2. The maximum Gasteiger partial charge on any atom is 0.223 e. The molecule has 1 aliphatic heterocycles. The number of nitrogens with zero attached hydrogens (tertiary/aromatic N) is 4. The average molecular weight is 506 g/mol. The highest BCUT2D eigenvalue weighted by molar-refractivity contribution is 6.08. The Bertz CT molecular complexity index is 1490. The van der Waals surface area contributed by atoms with E-state index in [2.05, 4.69) is 89.9 Å². The van der Waals surface area contributed by atoms with Crippen molar-refractivity contribution in [2.24, 2.45) is 5.16 Å². The van der Waals surface area contributed by atoms with Crippen LogP contribution < -0.4 is 5.32 Å². The van der Waals surface area contributed by atoms with Crippen molar-refractivity contribution in [2.75, 3.05) is 18.4 Å². The third-order valence-electron chi connectivity index (χ3n) is 8.06. The van der Waals surface area contributed by atoms with E-state index in [9.17, 15) is 5.21 Å². The molecular formula is C32H35N5O. The molecule has 4 aromatic rings. The van der Waals surface area contributed by atoms with E-state index in [1.807, 2.05) is 0 Å². The van der Waals surface area contributed by atoms with E-state index >= 15 is 0 Å². The van der Waals surface area contributed by atoms with Crippen molar-refractivity contribution >= 4 is 22.6 Å². The summed E-state index contributed by atoms with van der Waals surface area (Å²) in [5.74, 6) is 0.714. The molecule has 1 saturated heterocycles. The molecule has 0 bridgehead atoms. The van der Waals surface area contributed by atoms with E-state index in [1.54, 1.807) is 0 Å². The second kappa shape index (κ2) is 10.5. The number of fused-ring (bicyclic) bond motifs is 2. The number of nitrogens with one attached hydrogen (secondary N) is 1. The van der Waals surface area contributed by atoms with E-state index in [4.69, 9.17) is 9.97 Å². The van der Waals surface area contributed by atoms with Crippen LogP contribution in [0.1, 0.15) is 53.6 Å². The van der Waals surface area contributed by atoms with E-state index in [0.717, 1.165) is 90.7 Å². The predicted molar refractivity (Wildman–Crippen MR) is 154 cm³/mol. The van der Waals surface area contributed by atoms with Crippen LogP contribution in [0.15, 0.2) is 65.8 Å². The summed E-state index contributed by atoms with van der Waals surface area (Å²) < 4.78 is 0. The van der Waals surface area contributed by atoms with Crippen LogP contribution in [0, 0.1) is 13.8 Å². The smallest absolute Gasteiger partial charge is 0.223 e. The molecule has 1 aliphatic carbocycles. The fraction of sp³-hybridized carbons (Fsp3) is 0.344. The molecule has 0 spiro atoms. The summed E-state index contributed by atoms with van der Waals surface area (Å²) in [6.07, 6.45) is 4.99. The lowest BCUT2D eigenvalue weighted by atomic mass is 9.84. The lowest BCUT2D eigenvalue weighted by molar-refractivity contribution is 0.211. The molecule has 0 atom stereocenters. The highest BCUT2D eigenvalue weighted by Gasteiger charge is 2.22. The van der Waals surface area contributed by atoms with Gasteiger partial charge in [0.15, 0.2) is 0 Å². The zero-order valence-electron chi connectivity index (χ0n) is 22.2. The summed E-state index contributed by atoms with van der Waals surface area (Å²) in [6.45, 7) is 7.35. The highest BCUT2D eigenvalue weighted by atomic mass is 16.4. The minimum atomic E-state index is 0.382. The molecule has 6 rings (SSSR count). The van der Waals surface area contributed by atoms with Crippen molar-refractivity contribution in [1.29, 1.82) is 0 Å². The molecule has 0 saturated carbocycles. The Morgan fingerprint density at radius 1 is 0.974 bits per heavy atom. The van der Waals surface area contributed by atoms with Crippen LogP contribution in [-0.4, -0.2) is 44.9 Å². The second-order valence-electron chi connectivity index (χ2n) is 10.8. The SMILES string of the molecule is Cc1ccc(CN2CCC(Nc3nc(C)c4cc(-c5cccc6c5/C(=N/O)CCC6)ccc4n3)CC2)cc1. The minimum absolute atomic E-state index is 0.382. The Morgan fingerprint density at radius 3 is 2.58 bits per heavy atom. The molecule has 6 nitrogen and oxygen atoms in total. The molecule has 3 aromatic carbocycles. The van der Waals surface area contributed by atoms with Crippen LogP contribution in [0.25, 0.3) is 22.0 Å². The zero-order chi connectivity index (χ0) is 26.1. The van der Waals surface area contributed by atoms with Gasteiger partial charge in [0, 0.05) is 36.6 Å². The molecule has 2 N–H and O–H groups in total. The number of piperidine rings is 1. The van der Waals surface area contributed by atoms with E-state index in [-0.39, 0.29) is 0 Å². The maximum absolute atomic E-state index is 9.64. The van der Waals surface area contributed by atoms with Crippen LogP contribution in [-0.2, 0) is 13.0 Å². The van der Waals surface area contributed by atoms with Gasteiger partial charge in [0.1, 0.15) is 0 Å². The summed E-state index contributed by atoms with van der Waals surface area (Å²) in [6, 6.07) is 22.0. The lowest BCUT2D eigenvalue weighted by Crippen LogP contribution is -2.39. The Morgan fingerprint density at radius 2 is 1.79 bits per heavy atom. The van der Waals surface area contributed by atoms with Crippen molar-refractivity contribution in [3.8, 4) is 11.1 Å². The van der Waals surface area contributed by atoms with Crippen molar-refractivity contribution in [3.63, 3.8) is 0 Å². The second-order valence-corrected chi connectivity index (χ2v) is 10.8. The molecule has 1 aromatic heterocycles. The molecule has 0 radical (unpaired) electrons. The largest absolute Gasteiger partial charge is 0.411 e. The Balaban J connectivity index is 1.17. The molecule has 38 heavy (non-hydrogen) atoms. The highest BCUT2D eigenvalue weighted by Crippen LogP contribution is 2.34. The number of benzene rings is 3. The first-order chi connectivity index (χ1) is 18.6. The molecule has 2 aliphatic rings. The molecule has 1 fully saturated rings. The Kier molecular flexibility index (Phi) is 6.81. The van der Waals surface area contributed by atoms with Gasteiger partial charge in [0.2, 0.25) is 5.95 Å². The molecule has 194 valence electrons. The molecular weight excluding hydrogens is 470 g/mol. The van der Waals surface area contributed by atoms with Crippen LogP contribution in [0.3, 0.4) is 0 Å². The van der Waals surface area contributed by atoms with Gasteiger partial charge in [0.05, 0.1) is 16.9 Å². The monoisotopic (exact) mass is 505 g/mol. The third kappa shape index (κ3) is 5.01. The first-order valence-corrected chi connectivity index (χ1v) is 13.7. The van der Waals surface area contributed by atoms with Gasteiger partial charge in [-0.25, -0.2) is 9.97 Å². The number of likely N-dealkylation sites (tertiary alicyclic amines) is 1. The average Bonchev–Trinajstić information content (AvgIpc) is 2.94. The first kappa shape index (κ1) is 24.6. The fourth-order valence-corrected chi connectivity index (χ4v) is 5.94. The van der Waals surface area contributed by atoms with Gasteiger partial charge >= 0.3 is 0 Å². The van der Waals surface area contributed by atoms with E-state index < -0.39 is 0 Å². The summed E-state index contributed by atoms with van der Waals surface area (Å²) in [5.41, 5.74) is 9.92. The summed E-state index contributed by atoms with van der Waals surface area (Å²) in [7, 11) is 0. The van der Waals surface area contributed by atoms with Gasteiger partial charge in [-0.3, -0.25) is 4.90 Å².